The first-order chi connectivity index (χ1) is 7.78. The number of hydrogen-bond donors (Lipinski definition) is 1. The Labute approximate surface area is 94.8 Å². The van der Waals surface area contributed by atoms with Gasteiger partial charge in [0.2, 0.25) is 5.91 Å². The molecular weight excluding hydrogens is 202 g/mol. The summed E-state index contributed by atoms with van der Waals surface area (Å²) in [7, 11) is 1.67. The zero-order chi connectivity index (χ0) is 11.1. The van der Waals surface area contributed by atoms with Crippen molar-refractivity contribution in [2.45, 2.75) is 24.8 Å². The number of fused-ring (bicyclic) bond motifs is 2. The Balaban J connectivity index is 1.90. The number of amides is 1. The standard InChI is InChI=1S/C13H15NO2/c1-16-10-4-2-3-8(5-10)11-6-9-7-12(11)13(15)14-9/h2-5,9,11-12H,6-7H2,1H3,(H,14,15)/t9-,11+,12-/m0/s1. The van der Waals surface area contributed by atoms with Crippen molar-refractivity contribution in [2.24, 2.45) is 5.92 Å². The highest BCUT2D eigenvalue weighted by molar-refractivity contribution is 5.83. The van der Waals surface area contributed by atoms with Gasteiger partial charge >= 0.3 is 0 Å². The van der Waals surface area contributed by atoms with E-state index in [0.717, 1.165) is 18.6 Å². The molecule has 1 aromatic carbocycles. The SMILES string of the molecule is COc1cccc([C@H]2C[C@H]3C[C@@H]2C(=O)N3)c1. The molecule has 3 heteroatoms. The minimum atomic E-state index is 0.178. The predicted octanol–water partition coefficient (Wildman–Crippen LogP) is 1.69. The minimum absolute atomic E-state index is 0.178. The Hall–Kier alpha value is -1.51. The monoisotopic (exact) mass is 217 g/mol. The van der Waals surface area contributed by atoms with Gasteiger partial charge in [-0.2, -0.15) is 0 Å². The van der Waals surface area contributed by atoms with E-state index < -0.39 is 0 Å². The Bertz CT molecular complexity index is 430. The average molecular weight is 217 g/mol. The summed E-state index contributed by atoms with van der Waals surface area (Å²) in [6.45, 7) is 0. The second-order valence-electron chi connectivity index (χ2n) is 4.67. The molecule has 1 aromatic rings. The van der Waals surface area contributed by atoms with E-state index in [9.17, 15) is 4.79 Å². The number of carbonyl (C=O) groups is 1. The molecule has 1 heterocycles. The van der Waals surface area contributed by atoms with Gasteiger partial charge in [0.25, 0.3) is 0 Å². The summed E-state index contributed by atoms with van der Waals surface area (Å²) < 4.78 is 5.22. The van der Waals surface area contributed by atoms with Crippen LogP contribution < -0.4 is 10.1 Å². The molecule has 84 valence electrons. The Kier molecular flexibility index (Phi) is 2.13. The molecule has 3 atom stereocenters. The van der Waals surface area contributed by atoms with Crippen molar-refractivity contribution in [3.63, 3.8) is 0 Å². The van der Waals surface area contributed by atoms with Crippen LogP contribution in [0, 0.1) is 5.92 Å². The lowest BCUT2D eigenvalue weighted by Gasteiger charge is -2.22. The van der Waals surface area contributed by atoms with Gasteiger partial charge in [-0.05, 0) is 36.5 Å². The van der Waals surface area contributed by atoms with Crippen LogP contribution >= 0.6 is 0 Å². The van der Waals surface area contributed by atoms with Crippen LogP contribution in [0.2, 0.25) is 0 Å². The van der Waals surface area contributed by atoms with Gasteiger partial charge in [0.05, 0.1) is 7.11 Å². The molecular formula is C13H15NO2. The van der Waals surface area contributed by atoms with Crippen molar-refractivity contribution in [2.75, 3.05) is 7.11 Å². The lowest BCUT2D eigenvalue weighted by atomic mass is 9.87. The number of ether oxygens (including phenoxy) is 1. The number of piperidine rings is 1. The third kappa shape index (κ3) is 1.39. The maximum Gasteiger partial charge on any atom is 0.224 e. The number of rotatable bonds is 2. The van der Waals surface area contributed by atoms with E-state index in [1.165, 1.54) is 5.56 Å². The van der Waals surface area contributed by atoms with Crippen LogP contribution in [-0.2, 0) is 4.79 Å². The summed E-state index contributed by atoms with van der Waals surface area (Å²) in [4.78, 5) is 11.6. The zero-order valence-electron chi connectivity index (χ0n) is 9.27. The van der Waals surface area contributed by atoms with Gasteiger partial charge in [0.15, 0.2) is 0 Å². The molecule has 2 bridgehead atoms. The summed E-state index contributed by atoms with van der Waals surface area (Å²) in [5, 5.41) is 3.01. The van der Waals surface area contributed by atoms with E-state index in [-0.39, 0.29) is 11.8 Å². The number of benzene rings is 1. The topological polar surface area (TPSA) is 38.3 Å². The fourth-order valence-corrected chi connectivity index (χ4v) is 2.99. The summed E-state index contributed by atoms with van der Waals surface area (Å²) in [5.74, 6) is 1.66. The normalized spacial score (nSPS) is 31.6. The van der Waals surface area contributed by atoms with Gasteiger partial charge in [-0.25, -0.2) is 0 Å². The van der Waals surface area contributed by atoms with Crippen molar-refractivity contribution in [1.82, 2.24) is 5.32 Å². The summed E-state index contributed by atoms with van der Waals surface area (Å²) in [6.07, 6.45) is 2.07. The van der Waals surface area contributed by atoms with Crippen molar-refractivity contribution in [1.29, 1.82) is 0 Å². The molecule has 0 aromatic heterocycles. The molecule has 1 aliphatic heterocycles. The highest BCUT2D eigenvalue weighted by Gasteiger charge is 2.45. The fourth-order valence-electron chi connectivity index (χ4n) is 2.99. The average Bonchev–Trinajstić information content (AvgIpc) is 2.88. The minimum Gasteiger partial charge on any atom is -0.497 e. The van der Waals surface area contributed by atoms with Crippen molar-refractivity contribution in [3.05, 3.63) is 29.8 Å². The molecule has 2 aliphatic rings. The Morgan fingerprint density at radius 2 is 2.12 bits per heavy atom. The van der Waals surface area contributed by atoms with E-state index in [2.05, 4.69) is 17.4 Å². The molecule has 0 unspecified atom stereocenters. The smallest absolute Gasteiger partial charge is 0.224 e. The molecule has 0 spiro atoms. The van der Waals surface area contributed by atoms with E-state index in [1.807, 2.05) is 12.1 Å². The molecule has 2 fully saturated rings. The van der Waals surface area contributed by atoms with Crippen LogP contribution in [0.3, 0.4) is 0 Å². The van der Waals surface area contributed by atoms with E-state index in [4.69, 9.17) is 4.74 Å². The third-order valence-electron chi connectivity index (χ3n) is 3.77. The Morgan fingerprint density at radius 3 is 2.81 bits per heavy atom. The first-order valence-electron chi connectivity index (χ1n) is 5.72. The highest BCUT2D eigenvalue weighted by Crippen LogP contribution is 2.44. The maximum absolute atomic E-state index is 11.6. The number of carbonyl (C=O) groups excluding carboxylic acids is 1. The lowest BCUT2D eigenvalue weighted by Crippen LogP contribution is -2.34. The molecule has 16 heavy (non-hydrogen) atoms. The molecule has 1 N–H and O–H groups in total. The third-order valence-corrected chi connectivity index (χ3v) is 3.77. The molecule has 3 rings (SSSR count). The first kappa shape index (κ1) is 9.70. The molecule has 3 nitrogen and oxygen atoms in total. The van der Waals surface area contributed by atoms with Gasteiger partial charge in [-0.3, -0.25) is 4.79 Å². The summed E-state index contributed by atoms with van der Waals surface area (Å²) in [5.41, 5.74) is 1.24. The van der Waals surface area contributed by atoms with Gasteiger partial charge in [0.1, 0.15) is 5.75 Å². The number of methoxy groups -OCH3 is 1. The lowest BCUT2D eigenvalue weighted by molar-refractivity contribution is -0.124. The van der Waals surface area contributed by atoms with Gasteiger partial charge in [-0.1, -0.05) is 12.1 Å². The van der Waals surface area contributed by atoms with Gasteiger partial charge in [-0.15, -0.1) is 0 Å². The second kappa shape index (κ2) is 3.51. The van der Waals surface area contributed by atoms with Crippen molar-refractivity contribution in [3.8, 4) is 5.75 Å². The van der Waals surface area contributed by atoms with Crippen molar-refractivity contribution >= 4 is 5.91 Å². The van der Waals surface area contributed by atoms with E-state index in [0.29, 0.717) is 12.0 Å². The predicted molar refractivity (Wildman–Crippen MR) is 60.4 cm³/mol. The van der Waals surface area contributed by atoms with Crippen LogP contribution in [-0.4, -0.2) is 19.1 Å². The largest absolute Gasteiger partial charge is 0.497 e. The van der Waals surface area contributed by atoms with E-state index in [1.54, 1.807) is 7.11 Å². The maximum atomic E-state index is 11.6. The fraction of sp³-hybridized carbons (Fsp3) is 0.462. The zero-order valence-corrected chi connectivity index (χ0v) is 9.27. The number of nitrogens with one attached hydrogen (secondary N) is 1. The van der Waals surface area contributed by atoms with Crippen LogP contribution in [0.25, 0.3) is 0 Å². The molecule has 1 amide bonds. The molecule has 0 radical (unpaired) electrons. The van der Waals surface area contributed by atoms with Crippen LogP contribution in [0.15, 0.2) is 24.3 Å². The van der Waals surface area contributed by atoms with Gasteiger partial charge in [0, 0.05) is 12.0 Å². The number of hydrogen-bond acceptors (Lipinski definition) is 2. The highest BCUT2D eigenvalue weighted by atomic mass is 16.5. The molecule has 1 aliphatic carbocycles. The van der Waals surface area contributed by atoms with E-state index >= 15 is 0 Å². The first-order valence-corrected chi connectivity index (χ1v) is 5.72. The van der Waals surface area contributed by atoms with Crippen LogP contribution in [0.5, 0.6) is 5.75 Å². The molecule has 1 saturated heterocycles. The summed E-state index contributed by atoms with van der Waals surface area (Å²) in [6, 6.07) is 8.49. The van der Waals surface area contributed by atoms with Crippen LogP contribution in [0.4, 0.5) is 0 Å². The van der Waals surface area contributed by atoms with Gasteiger partial charge < -0.3 is 10.1 Å². The second-order valence-corrected chi connectivity index (χ2v) is 4.67. The van der Waals surface area contributed by atoms with Crippen molar-refractivity contribution < 1.29 is 9.53 Å². The Morgan fingerprint density at radius 1 is 1.31 bits per heavy atom. The summed E-state index contributed by atoms with van der Waals surface area (Å²) >= 11 is 0. The molecule has 1 saturated carbocycles. The quantitative estimate of drug-likeness (QED) is 0.818. The van der Waals surface area contributed by atoms with Crippen LogP contribution in [0.1, 0.15) is 24.3 Å².